The molecule has 1 N–H and O–H groups in total. The number of carbonyl (C=O) groups excluding carboxylic acids is 1. The average molecular weight is 315 g/mol. The largest absolute Gasteiger partial charge is 0.416 e. The number of alkyl halides is 3. The van der Waals surface area contributed by atoms with Crippen LogP contribution in [-0.2, 0) is 11.0 Å². The van der Waals surface area contributed by atoms with Crippen molar-refractivity contribution in [2.24, 2.45) is 0 Å². The molecule has 1 heterocycles. The molecule has 1 atom stereocenters. The second kappa shape index (κ2) is 6.21. The van der Waals surface area contributed by atoms with Gasteiger partial charge in [0.25, 0.3) is 0 Å². The minimum atomic E-state index is -4.35. The molecule has 0 saturated carbocycles. The molecule has 0 aliphatic rings. The lowest BCUT2D eigenvalue weighted by molar-refractivity contribution is -0.137. The number of amides is 1. The Kier molecular flexibility index (Phi) is 4.56. The predicted molar refractivity (Wildman–Crippen MR) is 73.0 cm³/mol. The summed E-state index contributed by atoms with van der Waals surface area (Å²) >= 11 is 1.20. The molecule has 2 aromatic rings. The molecule has 0 bridgehead atoms. The van der Waals surface area contributed by atoms with E-state index in [2.05, 4.69) is 15.5 Å². The van der Waals surface area contributed by atoms with Crippen LogP contribution in [0.4, 0.5) is 18.3 Å². The Morgan fingerprint density at radius 3 is 2.52 bits per heavy atom. The first-order chi connectivity index (χ1) is 9.86. The van der Waals surface area contributed by atoms with Gasteiger partial charge in [0.2, 0.25) is 11.0 Å². The van der Waals surface area contributed by atoms with Crippen LogP contribution in [0.5, 0.6) is 0 Å². The van der Waals surface area contributed by atoms with Crippen LogP contribution in [-0.4, -0.2) is 16.1 Å². The maximum absolute atomic E-state index is 12.5. The lowest BCUT2D eigenvalue weighted by atomic mass is 9.96. The van der Waals surface area contributed by atoms with Crippen LogP contribution in [0.1, 0.15) is 30.4 Å². The predicted octanol–water partition coefficient (Wildman–Crippen LogP) is 3.69. The van der Waals surface area contributed by atoms with E-state index in [1.54, 1.807) is 6.92 Å². The Morgan fingerprint density at radius 2 is 2.00 bits per heavy atom. The second-order valence-electron chi connectivity index (χ2n) is 4.52. The summed E-state index contributed by atoms with van der Waals surface area (Å²) in [6.45, 7) is 1.78. The summed E-state index contributed by atoms with van der Waals surface area (Å²) in [6.07, 6.45) is -4.19. The fourth-order valence-corrected chi connectivity index (χ4v) is 2.26. The Balaban J connectivity index is 1.96. The van der Waals surface area contributed by atoms with Crippen LogP contribution in [0.25, 0.3) is 0 Å². The van der Waals surface area contributed by atoms with E-state index in [0.29, 0.717) is 10.7 Å². The number of anilines is 1. The highest BCUT2D eigenvalue weighted by Gasteiger charge is 2.30. The van der Waals surface area contributed by atoms with E-state index in [1.165, 1.54) is 29.0 Å². The molecule has 1 aromatic heterocycles. The lowest BCUT2D eigenvalue weighted by Crippen LogP contribution is -2.14. The van der Waals surface area contributed by atoms with Crippen molar-refractivity contribution in [1.29, 1.82) is 0 Å². The van der Waals surface area contributed by atoms with Crippen LogP contribution >= 0.6 is 11.3 Å². The molecule has 2 rings (SSSR count). The third-order valence-corrected chi connectivity index (χ3v) is 3.51. The molecule has 1 amide bonds. The number of benzene rings is 1. The van der Waals surface area contributed by atoms with Gasteiger partial charge in [-0.25, -0.2) is 0 Å². The quantitative estimate of drug-likeness (QED) is 0.936. The molecule has 0 radical (unpaired) electrons. The molecule has 4 nitrogen and oxygen atoms in total. The van der Waals surface area contributed by atoms with Crippen molar-refractivity contribution in [2.75, 3.05) is 5.32 Å². The molecular weight excluding hydrogens is 303 g/mol. The molecule has 0 aliphatic carbocycles. The number of hydrogen-bond acceptors (Lipinski definition) is 4. The molecule has 1 aromatic carbocycles. The SMILES string of the molecule is CC(CC(=O)Nc1nncs1)c1ccc(C(F)(F)F)cc1. The highest BCUT2D eigenvalue weighted by Crippen LogP contribution is 2.30. The first kappa shape index (κ1) is 15.4. The van der Waals surface area contributed by atoms with Crippen LogP contribution < -0.4 is 5.32 Å². The number of halogens is 3. The topological polar surface area (TPSA) is 54.9 Å². The molecule has 0 fully saturated rings. The number of nitrogens with zero attached hydrogens (tertiary/aromatic N) is 2. The smallest absolute Gasteiger partial charge is 0.301 e. The fourth-order valence-electron chi connectivity index (χ4n) is 1.79. The fraction of sp³-hybridized carbons (Fsp3) is 0.308. The zero-order chi connectivity index (χ0) is 15.5. The molecule has 0 saturated heterocycles. The molecule has 1 unspecified atom stereocenters. The third-order valence-electron chi connectivity index (χ3n) is 2.91. The Bertz CT molecular complexity index is 596. The summed E-state index contributed by atoms with van der Waals surface area (Å²) in [4.78, 5) is 11.8. The van der Waals surface area contributed by atoms with E-state index in [4.69, 9.17) is 0 Å². The van der Waals surface area contributed by atoms with Crippen molar-refractivity contribution >= 4 is 22.4 Å². The molecule has 112 valence electrons. The number of rotatable bonds is 4. The van der Waals surface area contributed by atoms with Crippen LogP contribution in [0.3, 0.4) is 0 Å². The molecule has 21 heavy (non-hydrogen) atoms. The minimum absolute atomic E-state index is 0.158. The summed E-state index contributed by atoms with van der Waals surface area (Å²) < 4.78 is 37.4. The van der Waals surface area contributed by atoms with Gasteiger partial charge in [0.05, 0.1) is 5.56 Å². The Hall–Kier alpha value is -1.96. The van der Waals surface area contributed by atoms with E-state index < -0.39 is 11.7 Å². The van der Waals surface area contributed by atoms with E-state index in [9.17, 15) is 18.0 Å². The molecule has 0 aliphatic heterocycles. The van der Waals surface area contributed by atoms with Gasteiger partial charge in [0.15, 0.2) is 0 Å². The third kappa shape index (κ3) is 4.25. The van der Waals surface area contributed by atoms with Gasteiger partial charge in [-0.15, -0.1) is 10.2 Å². The van der Waals surface area contributed by atoms with Crippen molar-refractivity contribution < 1.29 is 18.0 Å². The minimum Gasteiger partial charge on any atom is -0.301 e. The maximum Gasteiger partial charge on any atom is 0.416 e. The lowest BCUT2D eigenvalue weighted by Gasteiger charge is -2.13. The molecule has 0 spiro atoms. The van der Waals surface area contributed by atoms with Crippen LogP contribution in [0, 0.1) is 0 Å². The molecular formula is C13H12F3N3OS. The number of carbonyl (C=O) groups is 1. The summed E-state index contributed by atoms with van der Waals surface area (Å²) in [7, 11) is 0. The van der Waals surface area contributed by atoms with Gasteiger partial charge in [-0.3, -0.25) is 4.79 Å². The monoisotopic (exact) mass is 315 g/mol. The zero-order valence-electron chi connectivity index (χ0n) is 11.0. The van der Waals surface area contributed by atoms with Crippen molar-refractivity contribution in [3.05, 3.63) is 40.9 Å². The van der Waals surface area contributed by atoms with Crippen molar-refractivity contribution in [3.8, 4) is 0 Å². The average Bonchev–Trinajstić information content (AvgIpc) is 2.90. The summed E-state index contributed by atoms with van der Waals surface area (Å²) in [5.41, 5.74) is 1.47. The van der Waals surface area contributed by atoms with E-state index >= 15 is 0 Å². The summed E-state index contributed by atoms with van der Waals surface area (Å²) in [5.74, 6) is -0.445. The Labute approximate surface area is 123 Å². The van der Waals surface area contributed by atoms with Gasteiger partial charge < -0.3 is 5.32 Å². The number of aromatic nitrogens is 2. The second-order valence-corrected chi connectivity index (χ2v) is 5.35. The van der Waals surface area contributed by atoms with Gasteiger partial charge in [-0.05, 0) is 23.6 Å². The van der Waals surface area contributed by atoms with Crippen molar-refractivity contribution in [2.45, 2.75) is 25.4 Å². The van der Waals surface area contributed by atoms with Gasteiger partial charge in [0, 0.05) is 6.42 Å². The number of nitrogens with one attached hydrogen (secondary N) is 1. The van der Waals surface area contributed by atoms with E-state index in [-0.39, 0.29) is 18.2 Å². The molecule has 8 heteroatoms. The standard InChI is InChI=1S/C13H12F3N3OS/c1-8(6-11(20)18-12-19-17-7-21-12)9-2-4-10(5-3-9)13(14,15)16/h2-5,7-8H,6H2,1H3,(H,18,19,20). The summed E-state index contributed by atoms with van der Waals surface area (Å²) in [5, 5.41) is 10.3. The summed E-state index contributed by atoms with van der Waals surface area (Å²) in [6, 6.07) is 4.83. The van der Waals surface area contributed by atoms with E-state index in [1.807, 2.05) is 0 Å². The first-order valence-corrected chi connectivity index (χ1v) is 6.97. The van der Waals surface area contributed by atoms with Gasteiger partial charge in [-0.1, -0.05) is 30.4 Å². The maximum atomic E-state index is 12.5. The first-order valence-electron chi connectivity index (χ1n) is 6.09. The Morgan fingerprint density at radius 1 is 1.33 bits per heavy atom. The highest BCUT2D eigenvalue weighted by molar-refractivity contribution is 7.13. The number of hydrogen-bond donors (Lipinski definition) is 1. The van der Waals surface area contributed by atoms with Gasteiger partial charge in [0.1, 0.15) is 5.51 Å². The zero-order valence-corrected chi connectivity index (χ0v) is 11.8. The normalized spacial score (nSPS) is 13.0. The van der Waals surface area contributed by atoms with E-state index in [0.717, 1.165) is 12.1 Å². The van der Waals surface area contributed by atoms with Gasteiger partial charge >= 0.3 is 6.18 Å². The van der Waals surface area contributed by atoms with Gasteiger partial charge in [-0.2, -0.15) is 13.2 Å². The van der Waals surface area contributed by atoms with Crippen LogP contribution in [0.2, 0.25) is 0 Å². The van der Waals surface area contributed by atoms with Crippen molar-refractivity contribution in [3.63, 3.8) is 0 Å². The van der Waals surface area contributed by atoms with Crippen LogP contribution in [0.15, 0.2) is 29.8 Å². The van der Waals surface area contributed by atoms with Crippen molar-refractivity contribution in [1.82, 2.24) is 10.2 Å². The highest BCUT2D eigenvalue weighted by atomic mass is 32.1.